The molecule has 2 atom stereocenters. The number of hydrogen-bond acceptors (Lipinski definition) is 7. The number of piperazine rings is 1. The molecule has 1 aromatic carbocycles. The average molecular weight is 533 g/mol. The van der Waals surface area contributed by atoms with Crippen LogP contribution in [-0.4, -0.2) is 71.9 Å². The van der Waals surface area contributed by atoms with Crippen LogP contribution >= 0.6 is 0 Å². The largest absolute Gasteiger partial charge is 0.333 e. The number of carbonyl (C=O) groups is 1. The number of aromatic nitrogens is 5. The van der Waals surface area contributed by atoms with Crippen molar-refractivity contribution >= 4 is 28.7 Å². The topological polar surface area (TPSA) is 92.1 Å². The summed E-state index contributed by atoms with van der Waals surface area (Å²) in [7, 11) is 0. The number of hydrogen-bond donors (Lipinski definition) is 1. The molecule has 202 valence electrons. The summed E-state index contributed by atoms with van der Waals surface area (Å²) in [5, 5.41) is 2.96. The minimum absolute atomic E-state index is 0.0223. The van der Waals surface area contributed by atoms with Gasteiger partial charge in [-0.2, -0.15) is 0 Å². The van der Waals surface area contributed by atoms with E-state index < -0.39 is 11.6 Å². The first-order valence-corrected chi connectivity index (χ1v) is 13.2. The highest BCUT2D eigenvalue weighted by molar-refractivity contribution is 5.94. The summed E-state index contributed by atoms with van der Waals surface area (Å²) in [4.78, 5) is 34.5. The molecule has 0 aliphatic carbocycles. The first-order chi connectivity index (χ1) is 18.7. The number of likely N-dealkylation sites (tertiary alicyclic amines) is 2. The molecular formula is C28H30F2N8O. The van der Waals surface area contributed by atoms with E-state index in [-0.39, 0.29) is 40.7 Å². The van der Waals surface area contributed by atoms with E-state index in [1.165, 1.54) is 12.3 Å². The maximum absolute atomic E-state index is 15.0. The molecule has 5 heterocycles. The number of amides is 1. The van der Waals surface area contributed by atoms with Crippen LogP contribution in [0.15, 0.2) is 36.7 Å². The van der Waals surface area contributed by atoms with Crippen molar-refractivity contribution in [1.82, 2.24) is 34.3 Å². The number of rotatable bonds is 6. The predicted molar refractivity (Wildman–Crippen MR) is 144 cm³/mol. The lowest BCUT2D eigenvalue weighted by atomic mass is 10.1. The highest BCUT2D eigenvalue weighted by Gasteiger charge is 2.44. The lowest BCUT2D eigenvalue weighted by Gasteiger charge is -2.33. The monoisotopic (exact) mass is 532 g/mol. The molecule has 11 heteroatoms. The molecule has 1 N–H and O–H groups in total. The fourth-order valence-electron chi connectivity index (χ4n) is 5.95. The van der Waals surface area contributed by atoms with Crippen LogP contribution in [0.3, 0.4) is 0 Å². The highest BCUT2D eigenvalue weighted by Crippen LogP contribution is 2.32. The second kappa shape index (κ2) is 9.64. The van der Waals surface area contributed by atoms with Gasteiger partial charge in [-0.15, -0.1) is 0 Å². The fourth-order valence-corrected chi connectivity index (χ4v) is 5.95. The standard InChI is InChI=1S/C28H30F2N8O/c1-5-36-13-20-10-19(36)14-37(20)27(39)17-6-7-24(31-11-17)34-28-32-12-22(30)25(35-28)18-8-21(29)26-23(9-18)38(15(2)3)16(4)33-26/h6-9,11-12,15,19-20H,5,10,13-14H2,1-4H3,(H,31,32,34,35). The maximum atomic E-state index is 15.0. The van der Waals surface area contributed by atoms with E-state index in [4.69, 9.17) is 0 Å². The predicted octanol–water partition coefficient (Wildman–Crippen LogP) is 4.72. The number of pyridine rings is 1. The number of aryl methyl sites for hydroxylation is 1. The number of fused-ring (bicyclic) bond motifs is 3. The zero-order chi connectivity index (χ0) is 27.4. The number of carbonyl (C=O) groups excluding carboxylic acids is 1. The summed E-state index contributed by atoms with van der Waals surface area (Å²) in [6, 6.07) is 7.04. The second-order valence-corrected chi connectivity index (χ2v) is 10.5. The Morgan fingerprint density at radius 2 is 1.90 bits per heavy atom. The Balaban J connectivity index is 1.23. The van der Waals surface area contributed by atoms with Crippen molar-refractivity contribution in [2.45, 2.75) is 52.2 Å². The summed E-state index contributed by atoms with van der Waals surface area (Å²) < 4.78 is 31.7. The van der Waals surface area contributed by atoms with Gasteiger partial charge in [-0.3, -0.25) is 9.69 Å². The average Bonchev–Trinajstić information content (AvgIpc) is 3.62. The van der Waals surface area contributed by atoms with Crippen molar-refractivity contribution in [3.05, 3.63) is 59.7 Å². The van der Waals surface area contributed by atoms with Crippen LogP contribution in [0.5, 0.6) is 0 Å². The lowest BCUT2D eigenvalue weighted by molar-refractivity contribution is 0.0630. The summed E-state index contributed by atoms with van der Waals surface area (Å²) in [5.41, 5.74) is 1.55. The van der Waals surface area contributed by atoms with Crippen molar-refractivity contribution in [1.29, 1.82) is 0 Å². The molecule has 6 rings (SSSR count). The molecular weight excluding hydrogens is 502 g/mol. The van der Waals surface area contributed by atoms with Crippen LogP contribution in [0.25, 0.3) is 22.3 Å². The van der Waals surface area contributed by atoms with Crippen LogP contribution < -0.4 is 5.32 Å². The molecule has 3 aromatic heterocycles. The van der Waals surface area contributed by atoms with Gasteiger partial charge >= 0.3 is 0 Å². The Bertz CT molecular complexity index is 1570. The molecule has 9 nitrogen and oxygen atoms in total. The van der Waals surface area contributed by atoms with Crippen molar-refractivity contribution in [3.63, 3.8) is 0 Å². The van der Waals surface area contributed by atoms with Crippen LogP contribution in [0.1, 0.15) is 49.4 Å². The first kappa shape index (κ1) is 25.3. The summed E-state index contributed by atoms with van der Waals surface area (Å²) in [6.07, 6.45) is 3.59. The van der Waals surface area contributed by atoms with Crippen LogP contribution in [0.4, 0.5) is 20.5 Å². The zero-order valence-electron chi connectivity index (χ0n) is 22.3. The Morgan fingerprint density at radius 1 is 1.08 bits per heavy atom. The smallest absolute Gasteiger partial charge is 0.255 e. The van der Waals surface area contributed by atoms with Gasteiger partial charge in [0.25, 0.3) is 5.91 Å². The highest BCUT2D eigenvalue weighted by atomic mass is 19.1. The number of anilines is 2. The van der Waals surface area contributed by atoms with Gasteiger partial charge in [0.15, 0.2) is 11.6 Å². The molecule has 1 amide bonds. The van der Waals surface area contributed by atoms with Gasteiger partial charge in [-0.25, -0.2) is 28.7 Å². The summed E-state index contributed by atoms with van der Waals surface area (Å²) >= 11 is 0. The third kappa shape index (κ3) is 4.40. The quantitative estimate of drug-likeness (QED) is 0.384. The SMILES string of the molecule is CCN1CC2CC1CN2C(=O)c1ccc(Nc2ncc(F)c(-c3cc(F)c4nc(C)n(C(C)C)c4c3)n2)nc1. The van der Waals surface area contributed by atoms with E-state index in [2.05, 4.69) is 37.1 Å². The second-order valence-electron chi connectivity index (χ2n) is 10.5. The van der Waals surface area contributed by atoms with Gasteiger partial charge in [0.2, 0.25) is 5.95 Å². The minimum atomic E-state index is -0.679. The molecule has 0 saturated carbocycles. The van der Waals surface area contributed by atoms with Crippen molar-refractivity contribution < 1.29 is 13.6 Å². The molecule has 2 bridgehead atoms. The minimum Gasteiger partial charge on any atom is -0.333 e. The van der Waals surface area contributed by atoms with E-state index in [0.29, 0.717) is 28.8 Å². The van der Waals surface area contributed by atoms with Gasteiger partial charge in [-0.05, 0) is 58.0 Å². The lowest BCUT2D eigenvalue weighted by Crippen LogP contribution is -2.48. The van der Waals surface area contributed by atoms with E-state index >= 15 is 0 Å². The molecule has 39 heavy (non-hydrogen) atoms. The Hall–Kier alpha value is -3.99. The van der Waals surface area contributed by atoms with Gasteiger partial charge < -0.3 is 14.8 Å². The number of likely N-dealkylation sites (N-methyl/N-ethyl adjacent to an activating group) is 1. The number of halogens is 2. The van der Waals surface area contributed by atoms with Gasteiger partial charge in [0, 0.05) is 43.0 Å². The molecule has 0 spiro atoms. The first-order valence-electron chi connectivity index (χ1n) is 13.2. The van der Waals surface area contributed by atoms with Crippen molar-refractivity contribution in [2.24, 2.45) is 0 Å². The van der Waals surface area contributed by atoms with E-state index in [0.717, 1.165) is 32.3 Å². The molecule has 0 radical (unpaired) electrons. The van der Waals surface area contributed by atoms with E-state index in [1.54, 1.807) is 18.2 Å². The van der Waals surface area contributed by atoms with Crippen molar-refractivity contribution in [3.8, 4) is 11.3 Å². The molecule has 2 aliphatic rings. The number of nitrogens with one attached hydrogen (secondary N) is 1. The number of nitrogens with zero attached hydrogens (tertiary/aromatic N) is 7. The van der Waals surface area contributed by atoms with Crippen LogP contribution in [0, 0.1) is 18.6 Å². The van der Waals surface area contributed by atoms with Gasteiger partial charge in [0.05, 0.1) is 17.3 Å². The van der Waals surface area contributed by atoms with E-state index in [9.17, 15) is 13.6 Å². The third-order valence-electron chi connectivity index (χ3n) is 7.73. The number of imidazole rings is 1. The summed E-state index contributed by atoms with van der Waals surface area (Å²) in [5.74, 6) is -0.0706. The third-order valence-corrected chi connectivity index (χ3v) is 7.73. The van der Waals surface area contributed by atoms with E-state index in [1.807, 2.05) is 30.2 Å². The van der Waals surface area contributed by atoms with Crippen LogP contribution in [0.2, 0.25) is 0 Å². The Labute approximate surface area is 224 Å². The fraction of sp³-hybridized carbons (Fsp3) is 0.393. The zero-order valence-corrected chi connectivity index (χ0v) is 22.3. The molecule has 2 aliphatic heterocycles. The molecule has 2 unspecified atom stereocenters. The molecule has 4 aromatic rings. The van der Waals surface area contributed by atoms with Gasteiger partial charge in [-0.1, -0.05) is 6.92 Å². The normalized spacial score (nSPS) is 19.0. The van der Waals surface area contributed by atoms with Gasteiger partial charge in [0.1, 0.15) is 22.9 Å². The Morgan fingerprint density at radius 3 is 2.56 bits per heavy atom. The molecule has 2 fully saturated rings. The Kier molecular flexibility index (Phi) is 6.25. The molecule has 2 saturated heterocycles. The van der Waals surface area contributed by atoms with Crippen LogP contribution in [-0.2, 0) is 0 Å². The number of benzene rings is 1. The summed E-state index contributed by atoms with van der Waals surface area (Å²) in [6.45, 7) is 10.6. The maximum Gasteiger partial charge on any atom is 0.255 e. The van der Waals surface area contributed by atoms with Crippen molar-refractivity contribution in [2.75, 3.05) is 25.0 Å².